The summed E-state index contributed by atoms with van der Waals surface area (Å²) in [5.74, 6) is -0.108. The highest BCUT2D eigenvalue weighted by atomic mass is 35.5. The second-order valence-electron chi connectivity index (χ2n) is 5.82. The smallest absolute Gasteiger partial charge is 0.240 e. The van der Waals surface area contributed by atoms with Crippen LogP contribution in [0.5, 0.6) is 0 Å². The van der Waals surface area contributed by atoms with Gasteiger partial charge in [-0.2, -0.15) is 5.10 Å². The molecule has 0 fully saturated rings. The van der Waals surface area contributed by atoms with Crippen molar-refractivity contribution in [1.82, 2.24) is 15.1 Å². The Morgan fingerprint density at radius 1 is 1.30 bits per heavy atom. The second kappa shape index (κ2) is 8.70. The highest BCUT2D eigenvalue weighted by molar-refractivity contribution is 5.85. The topological polar surface area (TPSA) is 72.9 Å². The number of nitrogens with two attached hydrogens (primary N) is 1. The summed E-state index contributed by atoms with van der Waals surface area (Å²) in [7, 11) is 0. The van der Waals surface area contributed by atoms with Crippen LogP contribution in [-0.2, 0) is 17.9 Å². The molecule has 1 aromatic carbocycles. The van der Waals surface area contributed by atoms with E-state index in [-0.39, 0.29) is 18.3 Å². The summed E-state index contributed by atoms with van der Waals surface area (Å²) in [6.07, 6.45) is 5.24. The van der Waals surface area contributed by atoms with Gasteiger partial charge in [-0.15, -0.1) is 12.4 Å². The lowest BCUT2D eigenvalue weighted by Crippen LogP contribution is -2.51. The summed E-state index contributed by atoms with van der Waals surface area (Å²) < 4.78 is 1.87. The Bertz CT molecular complexity index is 611. The molecule has 0 saturated carbocycles. The first-order valence-corrected chi connectivity index (χ1v) is 7.64. The minimum Gasteiger partial charge on any atom is -0.350 e. The lowest BCUT2D eigenvalue weighted by Gasteiger charge is -2.23. The average molecular weight is 337 g/mol. The van der Waals surface area contributed by atoms with Crippen molar-refractivity contribution in [3.63, 3.8) is 0 Å². The Morgan fingerprint density at radius 3 is 2.61 bits per heavy atom. The monoisotopic (exact) mass is 336 g/mol. The molecule has 0 aliphatic rings. The minimum atomic E-state index is -0.814. The highest BCUT2D eigenvalue weighted by Crippen LogP contribution is 2.12. The fourth-order valence-corrected chi connectivity index (χ4v) is 2.46. The Labute approximate surface area is 143 Å². The molecule has 0 spiro atoms. The molecular formula is C17H25ClN4O. The van der Waals surface area contributed by atoms with E-state index in [9.17, 15) is 4.79 Å². The molecule has 0 radical (unpaired) electrons. The number of aromatic nitrogens is 2. The molecule has 1 unspecified atom stereocenters. The van der Waals surface area contributed by atoms with Gasteiger partial charge < -0.3 is 11.1 Å². The molecule has 126 valence electrons. The van der Waals surface area contributed by atoms with E-state index in [4.69, 9.17) is 5.73 Å². The normalized spacial score (nSPS) is 13.0. The van der Waals surface area contributed by atoms with Gasteiger partial charge in [-0.3, -0.25) is 9.48 Å². The van der Waals surface area contributed by atoms with Gasteiger partial charge in [0, 0.05) is 18.9 Å². The van der Waals surface area contributed by atoms with E-state index in [0.717, 1.165) is 17.5 Å². The fourth-order valence-electron chi connectivity index (χ4n) is 2.46. The van der Waals surface area contributed by atoms with Crippen molar-refractivity contribution in [2.24, 2.45) is 5.73 Å². The van der Waals surface area contributed by atoms with Crippen molar-refractivity contribution in [3.05, 3.63) is 53.9 Å². The van der Waals surface area contributed by atoms with E-state index >= 15 is 0 Å². The van der Waals surface area contributed by atoms with Crippen LogP contribution in [0.4, 0.5) is 0 Å². The number of benzene rings is 1. The van der Waals surface area contributed by atoms with Crippen molar-refractivity contribution in [3.8, 4) is 0 Å². The van der Waals surface area contributed by atoms with Crippen molar-refractivity contribution in [1.29, 1.82) is 0 Å². The van der Waals surface area contributed by atoms with Gasteiger partial charge >= 0.3 is 0 Å². The summed E-state index contributed by atoms with van der Waals surface area (Å²) >= 11 is 0. The lowest BCUT2D eigenvalue weighted by atomic mass is 9.96. The molecule has 0 bridgehead atoms. The Kier molecular flexibility index (Phi) is 7.26. The molecule has 0 aliphatic heterocycles. The van der Waals surface area contributed by atoms with Crippen LogP contribution in [0.2, 0.25) is 0 Å². The van der Waals surface area contributed by atoms with Crippen LogP contribution in [0.3, 0.4) is 0 Å². The lowest BCUT2D eigenvalue weighted by molar-refractivity contribution is -0.126. The third-order valence-electron chi connectivity index (χ3n) is 3.74. The third-order valence-corrected chi connectivity index (χ3v) is 3.74. The van der Waals surface area contributed by atoms with Crippen molar-refractivity contribution >= 4 is 18.3 Å². The fraction of sp³-hybridized carbons (Fsp3) is 0.412. The minimum absolute atomic E-state index is 0. The second-order valence-corrected chi connectivity index (χ2v) is 5.82. The van der Waals surface area contributed by atoms with Crippen LogP contribution in [0, 0.1) is 0 Å². The van der Waals surface area contributed by atoms with E-state index < -0.39 is 5.54 Å². The number of carbonyl (C=O) groups is 1. The van der Waals surface area contributed by atoms with E-state index in [1.54, 1.807) is 13.1 Å². The first-order chi connectivity index (χ1) is 10.5. The van der Waals surface area contributed by atoms with Gasteiger partial charge in [0.25, 0.3) is 0 Å². The zero-order valence-electron chi connectivity index (χ0n) is 13.7. The molecule has 1 aromatic heterocycles. The Hall–Kier alpha value is -1.85. The molecule has 1 amide bonds. The van der Waals surface area contributed by atoms with E-state index in [1.807, 2.05) is 42.1 Å². The van der Waals surface area contributed by atoms with E-state index in [2.05, 4.69) is 16.5 Å². The average Bonchev–Trinajstić information content (AvgIpc) is 2.99. The van der Waals surface area contributed by atoms with Crippen LogP contribution in [0.1, 0.15) is 37.8 Å². The number of hydrogen-bond acceptors (Lipinski definition) is 3. The van der Waals surface area contributed by atoms with Crippen LogP contribution in [0.15, 0.2) is 42.7 Å². The number of rotatable bonds is 7. The maximum atomic E-state index is 12.2. The van der Waals surface area contributed by atoms with Crippen LogP contribution in [-0.4, -0.2) is 21.2 Å². The van der Waals surface area contributed by atoms with Gasteiger partial charge in [-0.05, 0) is 30.5 Å². The number of amides is 1. The van der Waals surface area contributed by atoms with Crippen LogP contribution < -0.4 is 11.1 Å². The third kappa shape index (κ3) is 5.37. The first kappa shape index (κ1) is 19.2. The summed E-state index contributed by atoms with van der Waals surface area (Å²) in [6, 6.07) is 9.94. The molecule has 3 N–H and O–H groups in total. The molecule has 1 atom stereocenters. The van der Waals surface area contributed by atoms with Gasteiger partial charge in [-0.1, -0.05) is 37.6 Å². The zero-order valence-corrected chi connectivity index (χ0v) is 14.5. The zero-order chi connectivity index (χ0) is 16.0. The predicted octanol–water partition coefficient (Wildman–Crippen LogP) is 2.49. The number of carbonyl (C=O) groups excluding carboxylic acids is 1. The van der Waals surface area contributed by atoms with Gasteiger partial charge in [0.1, 0.15) is 0 Å². The molecule has 6 heteroatoms. The summed E-state index contributed by atoms with van der Waals surface area (Å²) in [6.45, 7) is 4.97. The van der Waals surface area contributed by atoms with Gasteiger partial charge in [0.15, 0.2) is 0 Å². The molecule has 0 aliphatic carbocycles. The standard InChI is InChI=1S/C17H24N4O.ClH/c1-3-9-17(2,18)16(22)19-12-14-7-4-5-8-15(14)13-21-11-6-10-20-21;/h4-8,10-11H,3,9,12-13,18H2,1-2H3,(H,19,22);1H. The molecule has 5 nitrogen and oxygen atoms in total. The number of nitrogens with zero attached hydrogens (tertiary/aromatic N) is 2. The van der Waals surface area contributed by atoms with Crippen LogP contribution >= 0.6 is 12.4 Å². The highest BCUT2D eigenvalue weighted by Gasteiger charge is 2.26. The number of halogens is 1. The van der Waals surface area contributed by atoms with Crippen LogP contribution in [0.25, 0.3) is 0 Å². The number of hydrogen-bond donors (Lipinski definition) is 2. The van der Waals surface area contributed by atoms with E-state index in [0.29, 0.717) is 19.5 Å². The molecule has 1 heterocycles. The van der Waals surface area contributed by atoms with Crippen molar-refractivity contribution in [2.45, 2.75) is 45.3 Å². The van der Waals surface area contributed by atoms with Gasteiger partial charge in [-0.25, -0.2) is 0 Å². The maximum absolute atomic E-state index is 12.2. The van der Waals surface area contributed by atoms with Crippen molar-refractivity contribution < 1.29 is 4.79 Å². The van der Waals surface area contributed by atoms with E-state index in [1.165, 1.54) is 0 Å². The molecule has 2 rings (SSSR count). The van der Waals surface area contributed by atoms with Gasteiger partial charge in [0.2, 0.25) is 5.91 Å². The molecule has 23 heavy (non-hydrogen) atoms. The molecular weight excluding hydrogens is 312 g/mol. The summed E-state index contributed by atoms with van der Waals surface area (Å²) in [5.41, 5.74) is 7.46. The molecule has 2 aromatic rings. The van der Waals surface area contributed by atoms with Crippen molar-refractivity contribution in [2.75, 3.05) is 0 Å². The quantitative estimate of drug-likeness (QED) is 0.815. The summed E-state index contributed by atoms with van der Waals surface area (Å²) in [4.78, 5) is 12.2. The predicted molar refractivity (Wildman–Crippen MR) is 94.4 cm³/mol. The SMILES string of the molecule is CCCC(C)(N)C(=O)NCc1ccccc1Cn1cccn1.Cl. The van der Waals surface area contributed by atoms with Gasteiger partial charge in [0.05, 0.1) is 12.1 Å². The first-order valence-electron chi connectivity index (χ1n) is 7.64. The Morgan fingerprint density at radius 2 is 2.00 bits per heavy atom. The molecule has 0 saturated heterocycles. The largest absolute Gasteiger partial charge is 0.350 e. The maximum Gasteiger partial charge on any atom is 0.240 e. The summed E-state index contributed by atoms with van der Waals surface area (Å²) in [5, 5.41) is 7.17. The number of nitrogens with one attached hydrogen (secondary N) is 1. The Balaban J connectivity index is 0.00000264.